The second kappa shape index (κ2) is 6.58. The number of pyridine rings is 1. The second-order valence-corrected chi connectivity index (χ2v) is 4.13. The van der Waals surface area contributed by atoms with Gasteiger partial charge in [-0.3, -0.25) is 14.4 Å². The maximum absolute atomic E-state index is 11.6. The number of aromatic nitrogens is 1. The van der Waals surface area contributed by atoms with Crippen LogP contribution in [-0.4, -0.2) is 29.9 Å². The van der Waals surface area contributed by atoms with E-state index in [4.69, 9.17) is 0 Å². The van der Waals surface area contributed by atoms with E-state index in [1.165, 1.54) is 18.2 Å². The zero-order valence-corrected chi connectivity index (χ0v) is 10.4. The third kappa shape index (κ3) is 4.40. The molecule has 18 heavy (non-hydrogen) atoms. The van der Waals surface area contributed by atoms with E-state index in [9.17, 15) is 14.4 Å². The molecule has 1 rings (SSSR count). The Morgan fingerprint density at radius 1 is 1.22 bits per heavy atom. The molecule has 0 atom stereocenters. The predicted octanol–water partition coefficient (Wildman–Crippen LogP) is -0.123. The van der Waals surface area contributed by atoms with Crippen LogP contribution in [0.1, 0.15) is 24.3 Å². The van der Waals surface area contributed by atoms with Crippen molar-refractivity contribution >= 4 is 11.8 Å². The number of rotatable bonds is 5. The standard InChI is InChI=1S/C12H17N3O3/c1-8(2)11(17)13-6-7-14-12(18)9-4-3-5-10(16)15-9/h3-5,8H,6-7H2,1-2H3,(H,13,17)(H,14,18)(H,15,16). The molecule has 6 nitrogen and oxygen atoms in total. The average molecular weight is 251 g/mol. The van der Waals surface area contributed by atoms with Gasteiger partial charge in [-0.15, -0.1) is 0 Å². The Bertz CT molecular complexity index is 479. The molecule has 1 aromatic heterocycles. The lowest BCUT2D eigenvalue weighted by molar-refractivity contribution is -0.123. The Hall–Kier alpha value is -2.11. The number of carbonyl (C=O) groups is 2. The van der Waals surface area contributed by atoms with Crippen LogP contribution < -0.4 is 16.2 Å². The summed E-state index contributed by atoms with van der Waals surface area (Å²) in [6.45, 7) is 4.26. The quantitative estimate of drug-likeness (QED) is 0.637. The topological polar surface area (TPSA) is 91.1 Å². The Labute approximate surface area is 105 Å². The van der Waals surface area contributed by atoms with Gasteiger partial charge in [0, 0.05) is 25.1 Å². The SMILES string of the molecule is CC(C)C(=O)NCCNC(=O)c1cccc(=O)[nH]1. The lowest BCUT2D eigenvalue weighted by Gasteiger charge is -2.08. The first-order valence-corrected chi connectivity index (χ1v) is 5.76. The van der Waals surface area contributed by atoms with Crippen LogP contribution in [0.2, 0.25) is 0 Å². The molecule has 0 radical (unpaired) electrons. The van der Waals surface area contributed by atoms with Crippen molar-refractivity contribution in [1.29, 1.82) is 0 Å². The fraction of sp³-hybridized carbons (Fsp3) is 0.417. The van der Waals surface area contributed by atoms with Crippen LogP contribution in [0.15, 0.2) is 23.0 Å². The smallest absolute Gasteiger partial charge is 0.267 e. The normalized spacial score (nSPS) is 10.2. The zero-order chi connectivity index (χ0) is 13.5. The molecular formula is C12H17N3O3. The lowest BCUT2D eigenvalue weighted by Crippen LogP contribution is -2.36. The molecule has 0 bridgehead atoms. The van der Waals surface area contributed by atoms with Gasteiger partial charge < -0.3 is 15.6 Å². The molecule has 0 spiro atoms. The van der Waals surface area contributed by atoms with Crippen LogP contribution >= 0.6 is 0 Å². The molecule has 6 heteroatoms. The van der Waals surface area contributed by atoms with Gasteiger partial charge >= 0.3 is 0 Å². The minimum Gasteiger partial charge on any atom is -0.354 e. The number of amides is 2. The summed E-state index contributed by atoms with van der Waals surface area (Å²) in [6.07, 6.45) is 0. The summed E-state index contributed by atoms with van der Waals surface area (Å²) in [5, 5.41) is 5.27. The minimum absolute atomic E-state index is 0.0580. The van der Waals surface area contributed by atoms with Gasteiger partial charge in [0.1, 0.15) is 5.69 Å². The molecule has 0 saturated heterocycles. The summed E-state index contributed by atoms with van der Waals surface area (Å²) in [7, 11) is 0. The fourth-order valence-electron chi connectivity index (χ4n) is 1.24. The van der Waals surface area contributed by atoms with Crippen LogP contribution in [0.5, 0.6) is 0 Å². The maximum Gasteiger partial charge on any atom is 0.267 e. The summed E-state index contributed by atoms with van der Waals surface area (Å²) < 4.78 is 0. The Morgan fingerprint density at radius 3 is 2.50 bits per heavy atom. The highest BCUT2D eigenvalue weighted by Gasteiger charge is 2.07. The lowest BCUT2D eigenvalue weighted by atomic mass is 10.2. The summed E-state index contributed by atoms with van der Waals surface area (Å²) in [6, 6.07) is 4.36. The first kappa shape index (κ1) is 14.0. The number of hydrogen-bond acceptors (Lipinski definition) is 3. The van der Waals surface area contributed by atoms with Crippen LogP contribution in [0, 0.1) is 5.92 Å². The van der Waals surface area contributed by atoms with Gasteiger partial charge in [-0.25, -0.2) is 0 Å². The van der Waals surface area contributed by atoms with Crippen molar-refractivity contribution in [2.24, 2.45) is 5.92 Å². The first-order valence-electron chi connectivity index (χ1n) is 5.76. The first-order chi connectivity index (χ1) is 8.50. The molecule has 1 heterocycles. The van der Waals surface area contributed by atoms with Gasteiger partial charge in [0.2, 0.25) is 11.5 Å². The van der Waals surface area contributed by atoms with Crippen molar-refractivity contribution in [2.75, 3.05) is 13.1 Å². The van der Waals surface area contributed by atoms with E-state index in [2.05, 4.69) is 15.6 Å². The summed E-state index contributed by atoms with van der Waals surface area (Å²) in [4.78, 5) is 36.2. The molecule has 0 aliphatic rings. The molecule has 1 aromatic rings. The predicted molar refractivity (Wildman–Crippen MR) is 67.2 cm³/mol. The van der Waals surface area contributed by atoms with Crippen molar-refractivity contribution in [3.8, 4) is 0 Å². The van der Waals surface area contributed by atoms with Gasteiger partial charge in [0.15, 0.2) is 0 Å². The van der Waals surface area contributed by atoms with Gasteiger partial charge in [-0.05, 0) is 6.07 Å². The van der Waals surface area contributed by atoms with Gasteiger partial charge in [-0.2, -0.15) is 0 Å². The van der Waals surface area contributed by atoms with E-state index in [0.717, 1.165) is 0 Å². The number of H-pyrrole nitrogens is 1. The van der Waals surface area contributed by atoms with Crippen molar-refractivity contribution in [3.05, 3.63) is 34.2 Å². The van der Waals surface area contributed by atoms with E-state index in [1.807, 2.05) is 0 Å². The number of carbonyl (C=O) groups excluding carboxylic acids is 2. The minimum atomic E-state index is -0.369. The fourth-order valence-corrected chi connectivity index (χ4v) is 1.24. The molecule has 0 aliphatic carbocycles. The van der Waals surface area contributed by atoms with Gasteiger partial charge in [0.05, 0.1) is 0 Å². The summed E-state index contributed by atoms with van der Waals surface area (Å²) in [5.74, 6) is -0.505. The molecule has 0 fully saturated rings. The van der Waals surface area contributed by atoms with Crippen molar-refractivity contribution < 1.29 is 9.59 Å². The Balaban J connectivity index is 2.34. The number of nitrogens with one attached hydrogen (secondary N) is 3. The monoisotopic (exact) mass is 251 g/mol. The molecule has 3 N–H and O–H groups in total. The molecule has 0 saturated carbocycles. The highest BCUT2D eigenvalue weighted by molar-refractivity contribution is 5.92. The second-order valence-electron chi connectivity index (χ2n) is 4.13. The molecule has 0 aromatic carbocycles. The largest absolute Gasteiger partial charge is 0.354 e. The summed E-state index contributed by atoms with van der Waals surface area (Å²) in [5.41, 5.74) is -0.117. The van der Waals surface area contributed by atoms with Crippen LogP contribution in [0.4, 0.5) is 0 Å². The van der Waals surface area contributed by atoms with Crippen molar-refractivity contribution in [3.63, 3.8) is 0 Å². The average Bonchev–Trinajstić information content (AvgIpc) is 2.33. The highest BCUT2D eigenvalue weighted by atomic mass is 16.2. The van der Waals surface area contributed by atoms with E-state index in [0.29, 0.717) is 13.1 Å². The summed E-state index contributed by atoms with van der Waals surface area (Å²) >= 11 is 0. The van der Waals surface area contributed by atoms with E-state index < -0.39 is 0 Å². The van der Waals surface area contributed by atoms with Crippen LogP contribution in [0.25, 0.3) is 0 Å². The van der Waals surface area contributed by atoms with Gasteiger partial charge in [-0.1, -0.05) is 19.9 Å². The highest BCUT2D eigenvalue weighted by Crippen LogP contribution is 1.90. The molecule has 0 unspecified atom stereocenters. The Morgan fingerprint density at radius 2 is 1.89 bits per heavy atom. The molecule has 98 valence electrons. The number of aromatic amines is 1. The third-order valence-electron chi connectivity index (χ3n) is 2.25. The van der Waals surface area contributed by atoms with Crippen LogP contribution in [-0.2, 0) is 4.79 Å². The molecule has 0 aliphatic heterocycles. The van der Waals surface area contributed by atoms with Crippen LogP contribution in [0.3, 0.4) is 0 Å². The number of hydrogen-bond donors (Lipinski definition) is 3. The molecule has 2 amide bonds. The van der Waals surface area contributed by atoms with E-state index in [-0.39, 0.29) is 29.0 Å². The zero-order valence-electron chi connectivity index (χ0n) is 10.4. The molecular weight excluding hydrogens is 234 g/mol. The van der Waals surface area contributed by atoms with Crippen molar-refractivity contribution in [1.82, 2.24) is 15.6 Å². The third-order valence-corrected chi connectivity index (χ3v) is 2.25. The van der Waals surface area contributed by atoms with E-state index in [1.54, 1.807) is 13.8 Å². The van der Waals surface area contributed by atoms with Crippen molar-refractivity contribution in [2.45, 2.75) is 13.8 Å². The Kier molecular flexibility index (Phi) is 5.10. The van der Waals surface area contributed by atoms with Gasteiger partial charge in [0.25, 0.3) is 5.91 Å². The maximum atomic E-state index is 11.6. The van der Waals surface area contributed by atoms with E-state index >= 15 is 0 Å².